The number of aromatic amines is 1. The predicted molar refractivity (Wildman–Crippen MR) is 76.0 cm³/mol. The number of hydrogen-bond acceptors (Lipinski definition) is 3. The normalized spacial score (nSPS) is 30.2. The van der Waals surface area contributed by atoms with Crippen LogP contribution in [0.4, 0.5) is 0 Å². The summed E-state index contributed by atoms with van der Waals surface area (Å²) in [5.74, 6) is 2.71. The van der Waals surface area contributed by atoms with Gasteiger partial charge in [-0.2, -0.15) is 5.10 Å². The third-order valence-corrected chi connectivity index (χ3v) is 4.86. The van der Waals surface area contributed by atoms with Crippen LogP contribution in [-0.2, 0) is 5.54 Å². The monoisotopic (exact) mass is 262 g/mol. The van der Waals surface area contributed by atoms with Crippen molar-refractivity contribution >= 4 is 0 Å². The Bertz CT molecular complexity index is 398. The Labute approximate surface area is 115 Å². The highest BCUT2D eigenvalue weighted by Crippen LogP contribution is 2.32. The highest BCUT2D eigenvalue weighted by molar-refractivity contribution is 5.09. The van der Waals surface area contributed by atoms with Crippen LogP contribution in [0.15, 0.2) is 0 Å². The van der Waals surface area contributed by atoms with Gasteiger partial charge in [-0.1, -0.05) is 32.1 Å². The van der Waals surface area contributed by atoms with E-state index in [1.54, 1.807) is 0 Å². The number of hydrogen-bond donors (Lipinski definition) is 2. The molecule has 0 radical (unpaired) electrons. The molecule has 2 heterocycles. The van der Waals surface area contributed by atoms with Crippen LogP contribution in [0.5, 0.6) is 0 Å². The molecule has 4 nitrogen and oxygen atoms in total. The lowest BCUT2D eigenvalue weighted by Gasteiger charge is -2.20. The van der Waals surface area contributed by atoms with Gasteiger partial charge in [0.15, 0.2) is 5.82 Å². The summed E-state index contributed by atoms with van der Waals surface area (Å²) in [4.78, 5) is 4.83. The van der Waals surface area contributed by atoms with Crippen LogP contribution in [0.3, 0.4) is 0 Å². The van der Waals surface area contributed by atoms with Crippen LogP contribution in [0.1, 0.15) is 82.3 Å². The molecule has 0 aromatic carbocycles. The molecule has 0 spiro atoms. The summed E-state index contributed by atoms with van der Waals surface area (Å²) in [7, 11) is 0. The first-order chi connectivity index (χ1) is 9.28. The zero-order valence-corrected chi connectivity index (χ0v) is 12.0. The molecule has 1 saturated carbocycles. The van der Waals surface area contributed by atoms with Crippen molar-refractivity contribution in [1.29, 1.82) is 0 Å². The minimum Gasteiger partial charge on any atom is -0.305 e. The van der Waals surface area contributed by atoms with Crippen molar-refractivity contribution in [1.82, 2.24) is 20.5 Å². The SMILES string of the molecule is CC1(c2n[nH]c(C3CCCCCCC3)n2)CCCN1. The third kappa shape index (κ3) is 2.83. The Kier molecular flexibility index (Phi) is 3.87. The van der Waals surface area contributed by atoms with E-state index in [1.807, 2.05) is 0 Å². The van der Waals surface area contributed by atoms with Crippen LogP contribution in [0.25, 0.3) is 0 Å². The van der Waals surface area contributed by atoms with Gasteiger partial charge in [-0.25, -0.2) is 4.98 Å². The van der Waals surface area contributed by atoms with E-state index in [1.165, 1.54) is 51.4 Å². The van der Waals surface area contributed by atoms with Crippen LogP contribution < -0.4 is 5.32 Å². The van der Waals surface area contributed by atoms with Gasteiger partial charge in [0, 0.05) is 5.92 Å². The van der Waals surface area contributed by atoms with Crippen LogP contribution >= 0.6 is 0 Å². The molecule has 1 aliphatic carbocycles. The fourth-order valence-corrected chi connectivity index (χ4v) is 3.52. The molecule has 4 heteroatoms. The third-order valence-electron chi connectivity index (χ3n) is 4.86. The van der Waals surface area contributed by atoms with Crippen LogP contribution in [0.2, 0.25) is 0 Å². The summed E-state index contributed by atoms with van der Waals surface area (Å²) in [5.41, 5.74) is -0.00360. The number of rotatable bonds is 2. The molecule has 1 atom stereocenters. The molecular formula is C15H26N4. The summed E-state index contributed by atoms with van der Waals surface area (Å²) < 4.78 is 0. The Morgan fingerprint density at radius 2 is 1.79 bits per heavy atom. The van der Waals surface area contributed by atoms with Gasteiger partial charge in [0.1, 0.15) is 5.82 Å². The first-order valence-electron chi connectivity index (χ1n) is 7.96. The van der Waals surface area contributed by atoms with Crippen molar-refractivity contribution in [3.05, 3.63) is 11.6 Å². The smallest absolute Gasteiger partial charge is 0.170 e. The average Bonchev–Trinajstić information content (AvgIpc) is 2.98. The second-order valence-corrected chi connectivity index (χ2v) is 6.45. The van der Waals surface area contributed by atoms with E-state index in [0.29, 0.717) is 5.92 Å². The van der Waals surface area contributed by atoms with Crippen molar-refractivity contribution < 1.29 is 0 Å². The molecule has 3 rings (SSSR count). The van der Waals surface area contributed by atoms with E-state index in [4.69, 9.17) is 4.98 Å². The zero-order valence-electron chi connectivity index (χ0n) is 12.0. The Balaban J connectivity index is 1.72. The van der Waals surface area contributed by atoms with Gasteiger partial charge in [-0.05, 0) is 39.2 Å². The van der Waals surface area contributed by atoms with Gasteiger partial charge in [0.25, 0.3) is 0 Å². The van der Waals surface area contributed by atoms with Gasteiger partial charge in [0.05, 0.1) is 5.54 Å². The highest BCUT2D eigenvalue weighted by Gasteiger charge is 2.34. The van der Waals surface area contributed by atoms with E-state index in [0.717, 1.165) is 24.6 Å². The molecule has 0 amide bonds. The summed E-state index contributed by atoms with van der Waals surface area (Å²) in [6, 6.07) is 0. The molecule has 106 valence electrons. The molecule has 1 unspecified atom stereocenters. The number of nitrogens with one attached hydrogen (secondary N) is 2. The predicted octanol–water partition coefficient (Wildman–Crippen LogP) is 3.23. The molecule has 19 heavy (non-hydrogen) atoms. The highest BCUT2D eigenvalue weighted by atomic mass is 15.3. The molecule has 1 aromatic heterocycles. The van der Waals surface area contributed by atoms with Crippen molar-refractivity contribution in [2.45, 2.75) is 76.2 Å². The summed E-state index contributed by atoms with van der Waals surface area (Å²) in [6.45, 7) is 3.31. The lowest BCUT2D eigenvalue weighted by atomic mass is 9.90. The van der Waals surface area contributed by atoms with Gasteiger partial charge in [-0.3, -0.25) is 5.10 Å². The maximum atomic E-state index is 4.83. The second-order valence-electron chi connectivity index (χ2n) is 6.45. The van der Waals surface area contributed by atoms with Gasteiger partial charge >= 0.3 is 0 Å². The summed E-state index contributed by atoms with van der Waals surface area (Å²) in [6.07, 6.45) is 11.8. The Morgan fingerprint density at radius 3 is 2.47 bits per heavy atom. The first-order valence-corrected chi connectivity index (χ1v) is 7.96. The lowest BCUT2D eigenvalue weighted by Crippen LogP contribution is -2.34. The summed E-state index contributed by atoms with van der Waals surface area (Å²) >= 11 is 0. The molecular weight excluding hydrogens is 236 g/mol. The fourth-order valence-electron chi connectivity index (χ4n) is 3.52. The first kappa shape index (κ1) is 13.1. The van der Waals surface area contributed by atoms with Crippen molar-refractivity contribution in [2.75, 3.05) is 6.54 Å². The molecule has 0 bridgehead atoms. The molecule has 2 N–H and O–H groups in total. The molecule has 1 aliphatic heterocycles. The van der Waals surface area contributed by atoms with Gasteiger partial charge in [-0.15, -0.1) is 0 Å². The molecule has 1 aromatic rings. The van der Waals surface area contributed by atoms with Gasteiger partial charge in [0.2, 0.25) is 0 Å². The fraction of sp³-hybridized carbons (Fsp3) is 0.867. The van der Waals surface area contributed by atoms with E-state index in [-0.39, 0.29) is 5.54 Å². The number of H-pyrrole nitrogens is 1. The second kappa shape index (κ2) is 5.61. The van der Waals surface area contributed by atoms with Crippen molar-refractivity contribution in [3.8, 4) is 0 Å². The van der Waals surface area contributed by atoms with Crippen LogP contribution in [-0.4, -0.2) is 21.7 Å². The maximum absolute atomic E-state index is 4.83. The van der Waals surface area contributed by atoms with E-state index in [2.05, 4.69) is 22.4 Å². The minimum absolute atomic E-state index is 0.00360. The van der Waals surface area contributed by atoms with E-state index in [9.17, 15) is 0 Å². The minimum atomic E-state index is -0.00360. The van der Waals surface area contributed by atoms with E-state index < -0.39 is 0 Å². The molecule has 2 aliphatic rings. The van der Waals surface area contributed by atoms with E-state index >= 15 is 0 Å². The standard InChI is InChI=1S/C15H26N4/c1-15(10-7-11-16-15)14-17-13(18-19-14)12-8-5-3-2-4-6-9-12/h12,16H,2-11H2,1H3,(H,17,18,19). The number of aromatic nitrogens is 3. The maximum Gasteiger partial charge on any atom is 0.170 e. The lowest BCUT2D eigenvalue weighted by molar-refractivity contribution is 0.406. The van der Waals surface area contributed by atoms with Gasteiger partial charge < -0.3 is 5.32 Å². The van der Waals surface area contributed by atoms with Crippen molar-refractivity contribution in [2.24, 2.45) is 0 Å². The largest absolute Gasteiger partial charge is 0.305 e. The topological polar surface area (TPSA) is 53.6 Å². The van der Waals surface area contributed by atoms with Crippen LogP contribution in [0, 0.1) is 0 Å². The Morgan fingerprint density at radius 1 is 1.05 bits per heavy atom. The van der Waals surface area contributed by atoms with Crippen molar-refractivity contribution in [3.63, 3.8) is 0 Å². The quantitative estimate of drug-likeness (QED) is 0.860. The average molecular weight is 262 g/mol. The molecule has 2 fully saturated rings. The zero-order chi connectivity index (χ0) is 13.1. The Hall–Kier alpha value is -0.900. The molecule has 1 saturated heterocycles. The number of nitrogens with zero attached hydrogens (tertiary/aromatic N) is 2. The summed E-state index contributed by atoms with van der Waals surface area (Å²) in [5, 5.41) is 11.3.